The normalized spacial score (nSPS) is 10.1. The molecule has 0 unspecified atom stereocenters. The van der Waals surface area contributed by atoms with Crippen LogP contribution >= 0.6 is 0 Å². The highest BCUT2D eigenvalue weighted by molar-refractivity contribution is 5.86. The van der Waals surface area contributed by atoms with Gasteiger partial charge in [0.2, 0.25) is 0 Å². The van der Waals surface area contributed by atoms with Crippen LogP contribution in [0.25, 0.3) is 0 Å². The largest absolute Gasteiger partial charge is 0.461 e. The standard InChI is InChI=1S/C12H10FNO4/c1-2-16-11(15)10-7-17-12(14-10)18-9-5-3-4-8(13)6-9/h3-7H,2H2,1H3. The molecule has 5 nitrogen and oxygen atoms in total. The molecule has 2 rings (SSSR count). The van der Waals surface area contributed by atoms with Gasteiger partial charge in [-0.25, -0.2) is 9.18 Å². The van der Waals surface area contributed by atoms with E-state index in [2.05, 4.69) is 4.98 Å². The maximum atomic E-state index is 12.9. The second-order valence-electron chi connectivity index (χ2n) is 3.28. The zero-order valence-electron chi connectivity index (χ0n) is 9.55. The SMILES string of the molecule is CCOC(=O)c1coc(Oc2cccc(F)c2)n1. The highest BCUT2D eigenvalue weighted by Crippen LogP contribution is 2.21. The van der Waals surface area contributed by atoms with E-state index in [9.17, 15) is 9.18 Å². The average Bonchev–Trinajstić information content (AvgIpc) is 2.78. The van der Waals surface area contributed by atoms with Crippen molar-refractivity contribution in [2.45, 2.75) is 6.92 Å². The Hall–Kier alpha value is -2.37. The number of halogens is 1. The predicted molar refractivity (Wildman–Crippen MR) is 58.9 cm³/mol. The van der Waals surface area contributed by atoms with Crippen LogP contribution in [0.2, 0.25) is 0 Å². The number of oxazole rings is 1. The summed E-state index contributed by atoms with van der Waals surface area (Å²) in [6.45, 7) is 1.92. The Morgan fingerprint density at radius 1 is 1.50 bits per heavy atom. The first-order chi connectivity index (χ1) is 8.69. The number of rotatable bonds is 4. The molecule has 0 spiro atoms. The summed E-state index contributed by atoms with van der Waals surface area (Å²) in [6, 6.07) is 5.48. The van der Waals surface area contributed by atoms with Gasteiger partial charge in [-0.05, 0) is 19.1 Å². The van der Waals surface area contributed by atoms with Crippen LogP contribution in [-0.4, -0.2) is 17.6 Å². The molecule has 94 valence electrons. The Morgan fingerprint density at radius 2 is 2.33 bits per heavy atom. The van der Waals surface area contributed by atoms with E-state index in [1.165, 1.54) is 24.3 Å². The Bertz CT molecular complexity index is 553. The molecule has 0 radical (unpaired) electrons. The van der Waals surface area contributed by atoms with Crippen LogP contribution in [0.5, 0.6) is 11.8 Å². The first-order valence-electron chi connectivity index (χ1n) is 5.25. The lowest BCUT2D eigenvalue weighted by molar-refractivity contribution is 0.0519. The summed E-state index contributed by atoms with van der Waals surface area (Å²) in [5, 5.41) is 0. The Kier molecular flexibility index (Phi) is 3.57. The number of hydrogen-bond acceptors (Lipinski definition) is 5. The van der Waals surface area contributed by atoms with Crippen molar-refractivity contribution in [2.24, 2.45) is 0 Å². The quantitative estimate of drug-likeness (QED) is 0.782. The van der Waals surface area contributed by atoms with E-state index in [-0.39, 0.29) is 24.1 Å². The van der Waals surface area contributed by atoms with E-state index in [4.69, 9.17) is 13.9 Å². The number of nitrogens with zero attached hydrogens (tertiary/aromatic N) is 1. The molecule has 0 aliphatic rings. The molecule has 0 atom stereocenters. The Balaban J connectivity index is 2.09. The summed E-state index contributed by atoms with van der Waals surface area (Å²) in [5.74, 6) is -0.813. The smallest absolute Gasteiger partial charge is 0.399 e. The van der Waals surface area contributed by atoms with Crippen molar-refractivity contribution in [2.75, 3.05) is 6.61 Å². The van der Waals surface area contributed by atoms with Crippen LogP contribution in [0.1, 0.15) is 17.4 Å². The van der Waals surface area contributed by atoms with Crippen LogP contribution in [0.3, 0.4) is 0 Å². The fourth-order valence-electron chi connectivity index (χ4n) is 1.23. The third-order valence-corrected chi connectivity index (χ3v) is 1.97. The molecular formula is C12H10FNO4. The minimum absolute atomic E-state index is 0.00301. The molecule has 1 aromatic heterocycles. The van der Waals surface area contributed by atoms with Crippen molar-refractivity contribution in [1.29, 1.82) is 0 Å². The molecule has 0 aliphatic carbocycles. The fraction of sp³-hybridized carbons (Fsp3) is 0.167. The Labute approximate surface area is 102 Å². The van der Waals surface area contributed by atoms with Crippen LogP contribution in [0.15, 0.2) is 34.9 Å². The molecule has 1 aromatic carbocycles. The maximum absolute atomic E-state index is 12.9. The topological polar surface area (TPSA) is 61.6 Å². The third kappa shape index (κ3) is 2.85. The number of carbonyl (C=O) groups is 1. The number of aromatic nitrogens is 1. The van der Waals surface area contributed by atoms with Gasteiger partial charge in [-0.3, -0.25) is 0 Å². The number of hydrogen-bond donors (Lipinski definition) is 0. The summed E-state index contributed by atoms with van der Waals surface area (Å²) >= 11 is 0. The Morgan fingerprint density at radius 3 is 3.06 bits per heavy atom. The third-order valence-electron chi connectivity index (χ3n) is 1.97. The first-order valence-corrected chi connectivity index (χ1v) is 5.25. The molecule has 1 heterocycles. The van der Waals surface area contributed by atoms with Crippen LogP contribution < -0.4 is 4.74 Å². The van der Waals surface area contributed by atoms with Crippen molar-refractivity contribution in [3.63, 3.8) is 0 Å². The lowest BCUT2D eigenvalue weighted by Crippen LogP contribution is -2.04. The minimum Gasteiger partial charge on any atom is -0.461 e. The number of benzene rings is 1. The fourth-order valence-corrected chi connectivity index (χ4v) is 1.23. The van der Waals surface area contributed by atoms with Gasteiger partial charge in [0.05, 0.1) is 6.61 Å². The van der Waals surface area contributed by atoms with E-state index in [0.717, 1.165) is 6.26 Å². The highest BCUT2D eigenvalue weighted by atomic mass is 19.1. The second kappa shape index (κ2) is 5.31. The minimum atomic E-state index is -0.602. The second-order valence-corrected chi connectivity index (χ2v) is 3.28. The summed E-state index contributed by atoms with van der Waals surface area (Å²) in [5.41, 5.74) is 0.00301. The van der Waals surface area contributed by atoms with Gasteiger partial charge in [0.25, 0.3) is 0 Å². The predicted octanol–water partition coefficient (Wildman–Crippen LogP) is 2.78. The van der Waals surface area contributed by atoms with Crippen molar-refractivity contribution < 1.29 is 23.1 Å². The summed E-state index contributed by atoms with van der Waals surface area (Å²) < 4.78 is 27.7. The van der Waals surface area contributed by atoms with Crippen molar-refractivity contribution >= 4 is 5.97 Å². The van der Waals surface area contributed by atoms with Gasteiger partial charge in [0.1, 0.15) is 17.8 Å². The van der Waals surface area contributed by atoms with E-state index < -0.39 is 11.8 Å². The molecule has 0 bridgehead atoms. The van der Waals surface area contributed by atoms with Gasteiger partial charge in [-0.1, -0.05) is 6.07 Å². The first kappa shape index (κ1) is 12.1. The molecule has 18 heavy (non-hydrogen) atoms. The van der Waals surface area contributed by atoms with Crippen LogP contribution in [0.4, 0.5) is 4.39 Å². The van der Waals surface area contributed by atoms with E-state index in [1.54, 1.807) is 6.92 Å². The number of esters is 1. The molecule has 0 fully saturated rings. The van der Waals surface area contributed by atoms with Crippen LogP contribution in [0, 0.1) is 5.82 Å². The molecule has 0 N–H and O–H groups in total. The lowest BCUT2D eigenvalue weighted by Gasteiger charge is -1.99. The number of ether oxygens (including phenoxy) is 2. The average molecular weight is 251 g/mol. The zero-order valence-corrected chi connectivity index (χ0v) is 9.55. The zero-order chi connectivity index (χ0) is 13.0. The number of carbonyl (C=O) groups excluding carboxylic acids is 1. The van der Waals surface area contributed by atoms with Gasteiger partial charge in [-0.2, -0.15) is 4.98 Å². The van der Waals surface area contributed by atoms with E-state index in [1.807, 2.05) is 0 Å². The van der Waals surface area contributed by atoms with Gasteiger partial charge in [0, 0.05) is 6.07 Å². The molecule has 6 heteroatoms. The van der Waals surface area contributed by atoms with Gasteiger partial charge in [-0.15, -0.1) is 0 Å². The summed E-state index contributed by atoms with van der Waals surface area (Å²) in [6.07, 6.45) is 0.968. The highest BCUT2D eigenvalue weighted by Gasteiger charge is 2.14. The molecule has 0 amide bonds. The maximum Gasteiger partial charge on any atom is 0.399 e. The molecule has 0 saturated carbocycles. The molecule has 0 saturated heterocycles. The van der Waals surface area contributed by atoms with Gasteiger partial charge >= 0.3 is 12.0 Å². The van der Waals surface area contributed by atoms with Gasteiger partial charge < -0.3 is 13.9 Å². The molecule has 0 aliphatic heterocycles. The summed E-state index contributed by atoms with van der Waals surface area (Å²) in [4.78, 5) is 15.1. The van der Waals surface area contributed by atoms with E-state index in [0.29, 0.717) is 0 Å². The molecular weight excluding hydrogens is 241 g/mol. The van der Waals surface area contributed by atoms with Crippen molar-refractivity contribution in [1.82, 2.24) is 4.98 Å². The van der Waals surface area contributed by atoms with Crippen molar-refractivity contribution in [3.05, 3.63) is 42.0 Å². The summed E-state index contributed by atoms with van der Waals surface area (Å²) in [7, 11) is 0. The van der Waals surface area contributed by atoms with Gasteiger partial charge in [0.15, 0.2) is 5.69 Å². The lowest BCUT2D eigenvalue weighted by atomic mass is 10.3. The molecule has 2 aromatic rings. The van der Waals surface area contributed by atoms with Crippen LogP contribution in [-0.2, 0) is 4.74 Å². The van der Waals surface area contributed by atoms with Crippen molar-refractivity contribution in [3.8, 4) is 11.8 Å². The monoisotopic (exact) mass is 251 g/mol. The van der Waals surface area contributed by atoms with E-state index >= 15 is 0 Å².